The van der Waals surface area contributed by atoms with Crippen LogP contribution >= 0.6 is 22.6 Å². The molecule has 0 aromatic heterocycles. The molecule has 1 unspecified atom stereocenters. The van der Waals surface area contributed by atoms with E-state index in [0.29, 0.717) is 4.43 Å². The number of halogens is 1. The molecule has 0 aliphatic carbocycles. The molecule has 64 valence electrons. The molecule has 0 amide bonds. The molecular weight excluding hydrogens is 255 g/mol. The lowest BCUT2D eigenvalue weighted by Crippen LogP contribution is -2.27. The van der Waals surface area contributed by atoms with Crippen LogP contribution in [0.3, 0.4) is 0 Å². The van der Waals surface area contributed by atoms with Gasteiger partial charge >= 0.3 is 0 Å². The summed E-state index contributed by atoms with van der Waals surface area (Å²) in [6, 6.07) is 0. The summed E-state index contributed by atoms with van der Waals surface area (Å²) in [5, 5.41) is 0. The lowest BCUT2D eigenvalue weighted by molar-refractivity contribution is -0.132. The first kappa shape index (κ1) is 11.1. The van der Waals surface area contributed by atoms with E-state index in [0.717, 1.165) is 0 Å². The predicted octanol–water partition coefficient (Wildman–Crippen LogP) is 1.85. The maximum absolute atomic E-state index is 11.3. The fourth-order valence-electron chi connectivity index (χ4n) is 0.787. The third-order valence-electron chi connectivity index (χ3n) is 1.56. The number of carbonyl (C=O) groups excluding carboxylic acids is 2. The number of Topliss-reactive ketones (excluding diaryl/α,β-unsaturated/α-hetero) is 2. The van der Waals surface area contributed by atoms with Gasteiger partial charge in [-0.1, -0.05) is 36.4 Å². The second kappa shape index (κ2) is 4.85. The van der Waals surface area contributed by atoms with Crippen LogP contribution in [-0.2, 0) is 9.59 Å². The van der Waals surface area contributed by atoms with Crippen LogP contribution in [0.2, 0.25) is 0 Å². The van der Waals surface area contributed by atoms with Crippen molar-refractivity contribution in [2.45, 2.75) is 20.8 Å². The summed E-state index contributed by atoms with van der Waals surface area (Å²) in [6.45, 7) is 5.12. The van der Waals surface area contributed by atoms with Crippen molar-refractivity contribution in [3.63, 3.8) is 0 Å². The van der Waals surface area contributed by atoms with E-state index >= 15 is 0 Å². The monoisotopic (exact) mass is 268 g/mol. The highest BCUT2D eigenvalue weighted by atomic mass is 127. The van der Waals surface area contributed by atoms with Gasteiger partial charge in [-0.05, 0) is 6.92 Å². The Balaban J connectivity index is 4.27. The molecule has 0 saturated carbocycles. The highest BCUT2D eigenvalue weighted by molar-refractivity contribution is 14.1. The van der Waals surface area contributed by atoms with E-state index in [-0.39, 0.29) is 23.4 Å². The Morgan fingerprint density at radius 3 is 1.91 bits per heavy atom. The van der Waals surface area contributed by atoms with Crippen LogP contribution in [0.25, 0.3) is 0 Å². The van der Waals surface area contributed by atoms with Gasteiger partial charge in [0.1, 0.15) is 11.6 Å². The molecular formula is C8H13IO2. The number of rotatable bonds is 4. The van der Waals surface area contributed by atoms with Crippen molar-refractivity contribution in [3.05, 3.63) is 0 Å². The molecule has 0 spiro atoms. The van der Waals surface area contributed by atoms with Crippen molar-refractivity contribution in [2.24, 2.45) is 11.8 Å². The van der Waals surface area contributed by atoms with E-state index in [1.807, 2.05) is 13.8 Å². The van der Waals surface area contributed by atoms with E-state index in [2.05, 4.69) is 22.6 Å². The normalized spacial score (nSPS) is 13.2. The Morgan fingerprint density at radius 1 is 1.36 bits per heavy atom. The molecule has 11 heavy (non-hydrogen) atoms. The van der Waals surface area contributed by atoms with Crippen molar-refractivity contribution in [1.82, 2.24) is 0 Å². The van der Waals surface area contributed by atoms with E-state index in [9.17, 15) is 9.59 Å². The van der Waals surface area contributed by atoms with Gasteiger partial charge in [0.05, 0.1) is 5.92 Å². The molecule has 0 aromatic carbocycles. The molecule has 0 aliphatic rings. The summed E-state index contributed by atoms with van der Waals surface area (Å²) in [5.41, 5.74) is 0. The van der Waals surface area contributed by atoms with Crippen LogP contribution in [0, 0.1) is 11.8 Å². The molecule has 0 bridgehead atoms. The molecule has 0 rings (SSSR count). The lowest BCUT2D eigenvalue weighted by atomic mass is 9.94. The molecule has 0 aromatic rings. The average molecular weight is 268 g/mol. The zero-order valence-electron chi connectivity index (χ0n) is 7.06. The standard InChI is InChI=1S/C8H13IO2/c1-5(2)8(11)7(4-9)6(3)10/h5,7H,4H2,1-3H3. The summed E-state index contributed by atoms with van der Waals surface area (Å²) in [5.74, 6) is -0.362. The van der Waals surface area contributed by atoms with E-state index in [1.165, 1.54) is 6.92 Å². The van der Waals surface area contributed by atoms with Crippen molar-refractivity contribution in [2.75, 3.05) is 4.43 Å². The first-order chi connectivity index (χ1) is 5.00. The molecule has 0 saturated heterocycles. The van der Waals surface area contributed by atoms with Crippen LogP contribution in [0.4, 0.5) is 0 Å². The molecule has 1 atom stereocenters. The summed E-state index contributed by atoms with van der Waals surface area (Å²) < 4.78 is 0.601. The fraction of sp³-hybridized carbons (Fsp3) is 0.750. The molecule has 0 radical (unpaired) electrons. The Morgan fingerprint density at radius 2 is 1.82 bits per heavy atom. The van der Waals surface area contributed by atoms with Gasteiger partial charge in [-0.15, -0.1) is 0 Å². The molecule has 2 nitrogen and oxygen atoms in total. The predicted molar refractivity (Wildman–Crippen MR) is 52.9 cm³/mol. The minimum atomic E-state index is -0.379. The van der Waals surface area contributed by atoms with Gasteiger partial charge in [-0.2, -0.15) is 0 Å². The van der Waals surface area contributed by atoms with E-state index < -0.39 is 0 Å². The maximum Gasteiger partial charge on any atom is 0.146 e. The molecule has 0 fully saturated rings. The van der Waals surface area contributed by atoms with Gasteiger partial charge in [-0.25, -0.2) is 0 Å². The lowest BCUT2D eigenvalue weighted by Gasteiger charge is -2.11. The van der Waals surface area contributed by atoms with Crippen LogP contribution in [-0.4, -0.2) is 16.0 Å². The third-order valence-corrected chi connectivity index (χ3v) is 2.44. The van der Waals surface area contributed by atoms with Crippen molar-refractivity contribution >= 4 is 34.2 Å². The minimum absolute atomic E-state index is 0.0156. The van der Waals surface area contributed by atoms with Crippen molar-refractivity contribution in [3.8, 4) is 0 Å². The van der Waals surface area contributed by atoms with Gasteiger partial charge in [0.25, 0.3) is 0 Å². The molecule has 3 heteroatoms. The Bertz CT molecular complexity index is 163. The van der Waals surface area contributed by atoms with Crippen LogP contribution in [0.1, 0.15) is 20.8 Å². The molecule has 0 heterocycles. The number of carbonyl (C=O) groups is 2. The first-order valence-corrected chi connectivity index (χ1v) is 5.13. The topological polar surface area (TPSA) is 34.1 Å². The average Bonchev–Trinajstić information content (AvgIpc) is 1.88. The van der Waals surface area contributed by atoms with Crippen LogP contribution < -0.4 is 0 Å². The summed E-state index contributed by atoms with van der Waals surface area (Å²) in [4.78, 5) is 22.2. The largest absolute Gasteiger partial charge is 0.299 e. The maximum atomic E-state index is 11.3. The smallest absolute Gasteiger partial charge is 0.146 e. The fourth-order valence-corrected chi connectivity index (χ4v) is 1.84. The minimum Gasteiger partial charge on any atom is -0.299 e. The number of alkyl halides is 1. The summed E-state index contributed by atoms with van der Waals surface area (Å²) in [6.07, 6.45) is 0. The summed E-state index contributed by atoms with van der Waals surface area (Å²) in [7, 11) is 0. The second-order valence-electron chi connectivity index (χ2n) is 2.87. The van der Waals surface area contributed by atoms with Gasteiger partial charge in [0, 0.05) is 10.3 Å². The third kappa shape index (κ3) is 3.31. The van der Waals surface area contributed by atoms with E-state index in [1.54, 1.807) is 0 Å². The van der Waals surface area contributed by atoms with Gasteiger partial charge < -0.3 is 0 Å². The number of ketones is 2. The zero-order valence-corrected chi connectivity index (χ0v) is 9.21. The zero-order chi connectivity index (χ0) is 9.02. The Labute approximate surface area is 80.9 Å². The van der Waals surface area contributed by atoms with Gasteiger partial charge in [0.15, 0.2) is 0 Å². The second-order valence-corrected chi connectivity index (χ2v) is 3.76. The quantitative estimate of drug-likeness (QED) is 0.443. The highest BCUT2D eigenvalue weighted by Gasteiger charge is 2.23. The SMILES string of the molecule is CC(=O)C(CI)C(=O)C(C)C. The van der Waals surface area contributed by atoms with Crippen LogP contribution in [0.15, 0.2) is 0 Å². The van der Waals surface area contributed by atoms with Gasteiger partial charge in [-0.3, -0.25) is 9.59 Å². The van der Waals surface area contributed by atoms with Crippen molar-refractivity contribution in [1.29, 1.82) is 0 Å². The Kier molecular flexibility index (Phi) is 4.88. The van der Waals surface area contributed by atoms with E-state index in [4.69, 9.17) is 0 Å². The number of hydrogen-bond acceptors (Lipinski definition) is 2. The van der Waals surface area contributed by atoms with Gasteiger partial charge in [0.2, 0.25) is 0 Å². The van der Waals surface area contributed by atoms with Crippen LogP contribution in [0.5, 0.6) is 0 Å². The highest BCUT2D eigenvalue weighted by Crippen LogP contribution is 2.11. The van der Waals surface area contributed by atoms with Crippen molar-refractivity contribution < 1.29 is 9.59 Å². The first-order valence-electron chi connectivity index (χ1n) is 3.60. The Hall–Kier alpha value is 0.0700. The summed E-state index contributed by atoms with van der Waals surface area (Å²) >= 11 is 2.07. The molecule has 0 N–H and O–H groups in total. The molecule has 0 aliphatic heterocycles. The number of hydrogen-bond donors (Lipinski definition) is 0.